The van der Waals surface area contributed by atoms with Gasteiger partial charge in [-0.05, 0) is 12.1 Å². The molecule has 2 heterocycles. The van der Waals surface area contributed by atoms with Gasteiger partial charge in [-0.1, -0.05) is 0 Å². The van der Waals surface area contributed by atoms with Crippen LogP contribution in [0.4, 0.5) is 0 Å². The smallest absolute Gasteiger partial charge is 0.138 e. The lowest BCUT2D eigenvalue weighted by Crippen LogP contribution is -1.89. The third kappa shape index (κ3) is 2.08. The van der Waals surface area contributed by atoms with Crippen LogP contribution >= 0.6 is 0 Å². The van der Waals surface area contributed by atoms with Crippen molar-refractivity contribution in [1.82, 2.24) is 20.2 Å². The Bertz CT molecular complexity index is 668. The number of methoxy groups -OCH3 is 2. The van der Waals surface area contributed by atoms with E-state index in [9.17, 15) is 0 Å². The second kappa shape index (κ2) is 4.56. The standard InChI is InChI=1S/C13H12N4O2/c1-18-9-3-8(4-10(5-9)19-2)13-16-11-6-14-15-7-12(11)17-13/h3-7H,1-2H3,(H,16,17). The monoisotopic (exact) mass is 256 g/mol. The van der Waals surface area contributed by atoms with E-state index >= 15 is 0 Å². The Labute approximate surface area is 109 Å². The molecule has 0 aliphatic carbocycles. The van der Waals surface area contributed by atoms with Crippen molar-refractivity contribution in [2.45, 2.75) is 0 Å². The lowest BCUT2D eigenvalue weighted by Gasteiger charge is -2.06. The molecule has 0 unspecified atom stereocenters. The summed E-state index contributed by atoms with van der Waals surface area (Å²) >= 11 is 0. The number of fused-ring (bicyclic) bond motifs is 1. The summed E-state index contributed by atoms with van der Waals surface area (Å²) in [5, 5.41) is 7.62. The van der Waals surface area contributed by atoms with Gasteiger partial charge in [-0.25, -0.2) is 4.98 Å². The lowest BCUT2D eigenvalue weighted by atomic mass is 10.2. The minimum atomic E-state index is 0.714. The van der Waals surface area contributed by atoms with E-state index in [0.717, 1.165) is 22.4 Å². The van der Waals surface area contributed by atoms with Crippen LogP contribution in [-0.2, 0) is 0 Å². The summed E-state index contributed by atoms with van der Waals surface area (Å²) in [6.07, 6.45) is 3.26. The van der Waals surface area contributed by atoms with Crippen molar-refractivity contribution in [3.8, 4) is 22.9 Å². The maximum Gasteiger partial charge on any atom is 0.138 e. The molecule has 6 nitrogen and oxygen atoms in total. The predicted molar refractivity (Wildman–Crippen MR) is 70.2 cm³/mol. The van der Waals surface area contributed by atoms with Gasteiger partial charge in [0.2, 0.25) is 0 Å². The zero-order valence-corrected chi connectivity index (χ0v) is 10.5. The average molecular weight is 256 g/mol. The zero-order chi connectivity index (χ0) is 13.2. The van der Waals surface area contributed by atoms with Crippen LogP contribution in [0.1, 0.15) is 0 Å². The van der Waals surface area contributed by atoms with Crippen LogP contribution in [0.15, 0.2) is 30.6 Å². The molecule has 3 aromatic rings. The minimum Gasteiger partial charge on any atom is -0.497 e. The van der Waals surface area contributed by atoms with Gasteiger partial charge in [-0.15, -0.1) is 0 Å². The van der Waals surface area contributed by atoms with Gasteiger partial charge >= 0.3 is 0 Å². The van der Waals surface area contributed by atoms with Crippen molar-refractivity contribution in [2.75, 3.05) is 14.2 Å². The molecule has 0 aliphatic heterocycles. The molecule has 0 aliphatic rings. The highest BCUT2D eigenvalue weighted by Crippen LogP contribution is 2.29. The highest BCUT2D eigenvalue weighted by molar-refractivity contribution is 5.78. The predicted octanol–water partition coefficient (Wildman–Crippen LogP) is 2.04. The van der Waals surface area contributed by atoms with Crippen molar-refractivity contribution >= 4 is 11.0 Å². The van der Waals surface area contributed by atoms with Gasteiger partial charge in [0.15, 0.2) is 0 Å². The van der Waals surface area contributed by atoms with E-state index in [-0.39, 0.29) is 0 Å². The lowest BCUT2D eigenvalue weighted by molar-refractivity contribution is 0.394. The fraction of sp³-hybridized carbons (Fsp3) is 0.154. The summed E-state index contributed by atoms with van der Waals surface area (Å²) in [6, 6.07) is 5.59. The highest BCUT2D eigenvalue weighted by atomic mass is 16.5. The molecule has 6 heteroatoms. The van der Waals surface area contributed by atoms with Crippen LogP contribution in [-0.4, -0.2) is 34.4 Å². The van der Waals surface area contributed by atoms with Gasteiger partial charge in [-0.3, -0.25) is 0 Å². The topological polar surface area (TPSA) is 72.9 Å². The van der Waals surface area contributed by atoms with Crippen LogP contribution in [0.2, 0.25) is 0 Å². The third-order valence-electron chi connectivity index (χ3n) is 2.82. The van der Waals surface area contributed by atoms with Gasteiger partial charge in [0.1, 0.15) is 22.8 Å². The normalized spacial score (nSPS) is 10.6. The van der Waals surface area contributed by atoms with Crippen molar-refractivity contribution < 1.29 is 9.47 Å². The zero-order valence-electron chi connectivity index (χ0n) is 10.5. The Morgan fingerprint density at radius 1 is 0.947 bits per heavy atom. The molecule has 3 rings (SSSR count). The molecule has 1 N–H and O–H groups in total. The van der Waals surface area contributed by atoms with Crippen molar-refractivity contribution in [2.24, 2.45) is 0 Å². The molecule has 0 saturated heterocycles. The summed E-state index contributed by atoms with van der Waals surface area (Å²) in [6.45, 7) is 0. The Morgan fingerprint density at radius 2 is 1.63 bits per heavy atom. The Kier molecular flexibility index (Phi) is 2.75. The summed E-state index contributed by atoms with van der Waals surface area (Å²) in [5.41, 5.74) is 2.49. The molecular formula is C13H12N4O2. The van der Waals surface area contributed by atoms with Gasteiger partial charge < -0.3 is 14.5 Å². The summed E-state index contributed by atoms with van der Waals surface area (Å²) < 4.78 is 10.5. The number of imidazole rings is 1. The molecule has 0 atom stereocenters. The van der Waals surface area contributed by atoms with Crippen LogP contribution in [0.5, 0.6) is 11.5 Å². The van der Waals surface area contributed by atoms with E-state index in [4.69, 9.17) is 9.47 Å². The van der Waals surface area contributed by atoms with Gasteiger partial charge in [0.25, 0.3) is 0 Å². The van der Waals surface area contributed by atoms with Crippen molar-refractivity contribution in [3.05, 3.63) is 30.6 Å². The second-order valence-electron chi connectivity index (χ2n) is 3.97. The largest absolute Gasteiger partial charge is 0.497 e. The van der Waals surface area contributed by atoms with Gasteiger partial charge in [0, 0.05) is 11.6 Å². The first-order valence-corrected chi connectivity index (χ1v) is 5.70. The summed E-state index contributed by atoms with van der Waals surface area (Å²) in [7, 11) is 3.23. The molecule has 0 fully saturated rings. The summed E-state index contributed by atoms with van der Waals surface area (Å²) in [5.74, 6) is 2.15. The van der Waals surface area contributed by atoms with E-state index in [2.05, 4.69) is 20.2 Å². The number of nitrogens with one attached hydrogen (secondary N) is 1. The number of benzene rings is 1. The number of aromatic amines is 1. The second-order valence-corrected chi connectivity index (χ2v) is 3.97. The molecule has 0 saturated carbocycles. The number of rotatable bonds is 3. The molecule has 96 valence electrons. The molecule has 1 aromatic carbocycles. The first-order valence-electron chi connectivity index (χ1n) is 5.70. The number of H-pyrrole nitrogens is 1. The Hall–Kier alpha value is -2.63. The van der Waals surface area contributed by atoms with E-state index in [0.29, 0.717) is 11.5 Å². The van der Waals surface area contributed by atoms with Crippen LogP contribution in [0.3, 0.4) is 0 Å². The fourth-order valence-corrected chi connectivity index (χ4v) is 1.86. The van der Waals surface area contributed by atoms with E-state index < -0.39 is 0 Å². The Morgan fingerprint density at radius 3 is 2.26 bits per heavy atom. The number of nitrogens with zero attached hydrogens (tertiary/aromatic N) is 3. The Balaban J connectivity index is 2.14. The number of aromatic nitrogens is 4. The molecule has 0 radical (unpaired) electrons. The molecule has 0 spiro atoms. The van der Waals surface area contributed by atoms with Crippen LogP contribution < -0.4 is 9.47 Å². The molecular weight excluding hydrogens is 244 g/mol. The number of hydrogen-bond donors (Lipinski definition) is 1. The molecule has 2 aromatic heterocycles. The first-order chi connectivity index (χ1) is 9.30. The first kappa shape index (κ1) is 11.5. The highest BCUT2D eigenvalue weighted by Gasteiger charge is 2.09. The maximum absolute atomic E-state index is 5.25. The van der Waals surface area contributed by atoms with Crippen molar-refractivity contribution in [1.29, 1.82) is 0 Å². The minimum absolute atomic E-state index is 0.714. The SMILES string of the molecule is COc1cc(OC)cc(-c2nc3cnncc3[nH]2)c1. The average Bonchev–Trinajstić information content (AvgIpc) is 2.90. The van der Waals surface area contributed by atoms with E-state index in [1.165, 1.54) is 0 Å². The maximum atomic E-state index is 5.25. The molecule has 0 amide bonds. The molecule has 19 heavy (non-hydrogen) atoms. The summed E-state index contributed by atoms with van der Waals surface area (Å²) in [4.78, 5) is 7.65. The fourth-order valence-electron chi connectivity index (χ4n) is 1.86. The van der Waals surface area contributed by atoms with Crippen LogP contribution in [0.25, 0.3) is 22.4 Å². The number of hydrogen-bond acceptors (Lipinski definition) is 5. The quantitative estimate of drug-likeness (QED) is 0.776. The van der Waals surface area contributed by atoms with Crippen molar-refractivity contribution in [3.63, 3.8) is 0 Å². The van der Waals surface area contributed by atoms with E-state index in [1.807, 2.05) is 18.2 Å². The van der Waals surface area contributed by atoms with E-state index in [1.54, 1.807) is 26.6 Å². The van der Waals surface area contributed by atoms with Crippen LogP contribution in [0, 0.1) is 0 Å². The third-order valence-corrected chi connectivity index (χ3v) is 2.82. The molecule has 0 bridgehead atoms. The van der Waals surface area contributed by atoms with Gasteiger partial charge in [-0.2, -0.15) is 10.2 Å². The number of ether oxygens (including phenoxy) is 2. The van der Waals surface area contributed by atoms with Gasteiger partial charge in [0.05, 0.1) is 32.1 Å².